The highest BCUT2D eigenvalue weighted by Gasteiger charge is 2.29. The van der Waals surface area contributed by atoms with Crippen LogP contribution in [-0.2, 0) is 11.3 Å². The van der Waals surface area contributed by atoms with Gasteiger partial charge in [0.25, 0.3) is 5.91 Å². The Morgan fingerprint density at radius 3 is 2.84 bits per heavy atom. The van der Waals surface area contributed by atoms with Crippen LogP contribution >= 0.6 is 24.0 Å². The summed E-state index contributed by atoms with van der Waals surface area (Å²) in [6.07, 6.45) is 0. The number of carbonyl (C=O) groups excluding carboxylic acids is 1. The minimum Gasteiger partial charge on any atom is -0.380 e. The fraction of sp³-hybridized carbons (Fsp3) is 0.316. The summed E-state index contributed by atoms with van der Waals surface area (Å²) in [7, 11) is 1.65. The van der Waals surface area contributed by atoms with Gasteiger partial charge < -0.3 is 15.0 Å². The highest BCUT2D eigenvalue weighted by Crippen LogP contribution is 2.29. The number of carbonyl (C=O) groups is 1. The number of hydrogen-bond acceptors (Lipinski definition) is 3. The van der Waals surface area contributed by atoms with Crippen LogP contribution in [0.25, 0.3) is 0 Å². The Kier molecular flexibility index (Phi) is 7.26. The number of rotatable bonds is 4. The van der Waals surface area contributed by atoms with Crippen LogP contribution in [-0.4, -0.2) is 37.6 Å². The molecule has 1 aliphatic rings. The van der Waals surface area contributed by atoms with Gasteiger partial charge in [0.2, 0.25) is 0 Å². The van der Waals surface area contributed by atoms with Gasteiger partial charge in [0.05, 0.1) is 12.6 Å². The van der Waals surface area contributed by atoms with E-state index in [-0.39, 0.29) is 24.4 Å². The van der Waals surface area contributed by atoms with E-state index >= 15 is 0 Å². The fourth-order valence-electron chi connectivity index (χ4n) is 3.10. The van der Waals surface area contributed by atoms with Crippen molar-refractivity contribution in [1.29, 1.82) is 0 Å². The summed E-state index contributed by atoms with van der Waals surface area (Å²) in [4.78, 5) is 15.0. The Hall–Kier alpha value is -1.59. The molecular formula is C19H22Cl2N2O2. The topological polar surface area (TPSA) is 41.6 Å². The molecule has 0 bridgehead atoms. The van der Waals surface area contributed by atoms with E-state index in [0.29, 0.717) is 30.3 Å². The molecule has 1 heterocycles. The summed E-state index contributed by atoms with van der Waals surface area (Å²) in [5.74, 6) is 0.0272. The number of amides is 1. The molecule has 1 unspecified atom stereocenters. The lowest BCUT2D eigenvalue weighted by Crippen LogP contribution is -2.48. The summed E-state index contributed by atoms with van der Waals surface area (Å²) >= 11 is 6.36. The van der Waals surface area contributed by atoms with Gasteiger partial charge in [0, 0.05) is 37.3 Å². The Labute approximate surface area is 159 Å². The van der Waals surface area contributed by atoms with E-state index in [1.165, 1.54) is 0 Å². The van der Waals surface area contributed by atoms with Crippen LogP contribution in [0.4, 0.5) is 0 Å². The maximum atomic E-state index is 13.1. The normalized spacial score (nSPS) is 17.0. The van der Waals surface area contributed by atoms with Gasteiger partial charge in [-0.15, -0.1) is 12.4 Å². The number of piperazine rings is 1. The lowest BCUT2D eigenvalue weighted by atomic mass is 10.0. The molecule has 4 nitrogen and oxygen atoms in total. The summed E-state index contributed by atoms with van der Waals surface area (Å²) < 4.78 is 5.16. The molecule has 25 heavy (non-hydrogen) atoms. The third-order valence-electron chi connectivity index (χ3n) is 4.25. The van der Waals surface area contributed by atoms with Crippen LogP contribution in [0.5, 0.6) is 0 Å². The first-order chi connectivity index (χ1) is 11.7. The number of nitrogens with one attached hydrogen (secondary N) is 1. The summed E-state index contributed by atoms with van der Waals surface area (Å²) in [5.41, 5.74) is 2.66. The molecule has 0 aromatic heterocycles. The van der Waals surface area contributed by atoms with Crippen molar-refractivity contribution in [2.24, 2.45) is 0 Å². The van der Waals surface area contributed by atoms with Crippen molar-refractivity contribution in [3.8, 4) is 0 Å². The van der Waals surface area contributed by atoms with Crippen molar-refractivity contribution in [2.45, 2.75) is 12.6 Å². The second-order valence-electron chi connectivity index (χ2n) is 5.87. The fourth-order valence-corrected chi connectivity index (χ4v) is 3.36. The van der Waals surface area contributed by atoms with Gasteiger partial charge in [0.15, 0.2) is 0 Å². The highest BCUT2D eigenvalue weighted by molar-refractivity contribution is 6.31. The number of halogens is 2. The molecule has 1 amide bonds. The number of methoxy groups -OCH3 is 1. The Morgan fingerprint density at radius 1 is 1.28 bits per heavy atom. The number of ether oxygens (including phenoxy) is 1. The Bertz CT molecular complexity index is 724. The largest absolute Gasteiger partial charge is 0.380 e. The second-order valence-corrected chi connectivity index (χ2v) is 6.28. The van der Waals surface area contributed by atoms with Gasteiger partial charge in [-0.05, 0) is 29.3 Å². The van der Waals surface area contributed by atoms with E-state index in [2.05, 4.69) is 5.32 Å². The first-order valence-corrected chi connectivity index (χ1v) is 8.42. The molecule has 1 atom stereocenters. The van der Waals surface area contributed by atoms with Gasteiger partial charge >= 0.3 is 0 Å². The minimum atomic E-state index is -0.0639. The van der Waals surface area contributed by atoms with E-state index < -0.39 is 0 Å². The standard InChI is InChI=1S/C19H21ClN2O2.ClH/c1-24-13-14-5-4-6-15(11-14)19(23)22-10-9-21-12-18(22)16-7-2-3-8-17(16)20;/h2-8,11,18,21H,9-10,12-13H2,1H3;1H. The monoisotopic (exact) mass is 380 g/mol. The molecule has 0 radical (unpaired) electrons. The lowest BCUT2D eigenvalue weighted by molar-refractivity contribution is 0.0634. The molecule has 6 heteroatoms. The van der Waals surface area contributed by atoms with E-state index in [4.69, 9.17) is 16.3 Å². The van der Waals surface area contributed by atoms with Crippen LogP contribution in [0.1, 0.15) is 27.5 Å². The van der Waals surface area contributed by atoms with Crippen molar-refractivity contribution in [1.82, 2.24) is 10.2 Å². The zero-order chi connectivity index (χ0) is 16.9. The van der Waals surface area contributed by atoms with Crippen molar-refractivity contribution in [2.75, 3.05) is 26.7 Å². The first kappa shape index (κ1) is 19.7. The van der Waals surface area contributed by atoms with Crippen molar-refractivity contribution < 1.29 is 9.53 Å². The van der Waals surface area contributed by atoms with Gasteiger partial charge in [-0.25, -0.2) is 0 Å². The minimum absolute atomic E-state index is 0. The van der Waals surface area contributed by atoms with Crippen molar-refractivity contribution in [3.63, 3.8) is 0 Å². The molecular weight excluding hydrogens is 359 g/mol. The predicted molar refractivity (Wildman–Crippen MR) is 103 cm³/mol. The van der Waals surface area contributed by atoms with Crippen LogP contribution < -0.4 is 5.32 Å². The molecule has 0 saturated carbocycles. The quantitative estimate of drug-likeness (QED) is 0.878. The summed E-state index contributed by atoms with van der Waals surface area (Å²) in [5, 5.41) is 4.05. The first-order valence-electron chi connectivity index (χ1n) is 8.04. The van der Waals surface area contributed by atoms with Gasteiger partial charge in [-0.1, -0.05) is 41.9 Å². The molecule has 2 aromatic carbocycles. The lowest BCUT2D eigenvalue weighted by Gasteiger charge is -2.37. The smallest absolute Gasteiger partial charge is 0.254 e. The van der Waals surface area contributed by atoms with Gasteiger partial charge in [-0.2, -0.15) is 0 Å². The number of hydrogen-bond donors (Lipinski definition) is 1. The van der Waals surface area contributed by atoms with E-state index in [9.17, 15) is 4.79 Å². The van der Waals surface area contributed by atoms with Gasteiger partial charge in [0.1, 0.15) is 0 Å². The number of benzene rings is 2. The number of nitrogens with zero attached hydrogens (tertiary/aromatic N) is 1. The second kappa shape index (κ2) is 9.20. The Balaban J connectivity index is 0.00000225. The molecule has 0 spiro atoms. The van der Waals surface area contributed by atoms with E-state index in [1.54, 1.807) is 7.11 Å². The average Bonchev–Trinajstić information content (AvgIpc) is 2.62. The molecule has 1 aliphatic heterocycles. The highest BCUT2D eigenvalue weighted by atomic mass is 35.5. The van der Waals surface area contributed by atoms with Gasteiger partial charge in [-0.3, -0.25) is 4.79 Å². The SMILES string of the molecule is COCc1cccc(C(=O)N2CCNCC2c2ccccc2Cl)c1.Cl. The molecule has 2 aromatic rings. The third kappa shape index (κ3) is 4.53. The average molecular weight is 381 g/mol. The molecule has 1 saturated heterocycles. The molecule has 3 rings (SSSR count). The molecule has 1 N–H and O–H groups in total. The van der Waals surface area contributed by atoms with Crippen LogP contribution in [0, 0.1) is 0 Å². The zero-order valence-corrected chi connectivity index (χ0v) is 15.6. The van der Waals surface area contributed by atoms with E-state index in [1.807, 2.05) is 53.4 Å². The summed E-state index contributed by atoms with van der Waals surface area (Å²) in [6, 6.07) is 15.3. The maximum Gasteiger partial charge on any atom is 0.254 e. The van der Waals surface area contributed by atoms with Crippen LogP contribution in [0.3, 0.4) is 0 Å². The third-order valence-corrected chi connectivity index (χ3v) is 4.60. The maximum absolute atomic E-state index is 13.1. The zero-order valence-electron chi connectivity index (χ0n) is 14.1. The van der Waals surface area contributed by atoms with E-state index in [0.717, 1.165) is 17.7 Å². The van der Waals surface area contributed by atoms with Crippen molar-refractivity contribution >= 4 is 29.9 Å². The predicted octanol–water partition coefficient (Wildman–Crippen LogP) is 3.69. The molecule has 1 fully saturated rings. The van der Waals surface area contributed by atoms with Crippen molar-refractivity contribution in [3.05, 3.63) is 70.2 Å². The molecule has 134 valence electrons. The van der Waals surface area contributed by atoms with Crippen LogP contribution in [0.2, 0.25) is 5.02 Å². The Morgan fingerprint density at radius 2 is 2.08 bits per heavy atom. The molecule has 0 aliphatic carbocycles. The summed E-state index contributed by atoms with van der Waals surface area (Å²) in [6.45, 7) is 2.64. The van der Waals surface area contributed by atoms with Crippen LogP contribution in [0.15, 0.2) is 48.5 Å².